The third kappa shape index (κ3) is 1.92. The molecule has 11 heavy (non-hydrogen) atoms. The van der Waals surface area contributed by atoms with E-state index in [4.69, 9.17) is 10.3 Å². The van der Waals surface area contributed by atoms with Crippen LogP contribution in [0.5, 0.6) is 0 Å². The maximum Gasteiger partial charge on any atom is 0.294 e. The van der Waals surface area contributed by atoms with Crippen molar-refractivity contribution in [3.05, 3.63) is 24.3 Å². The molecule has 1 aromatic carbocycles. The fourth-order valence-corrected chi connectivity index (χ4v) is 1.18. The highest BCUT2D eigenvalue weighted by Gasteiger charge is 2.07. The van der Waals surface area contributed by atoms with Crippen molar-refractivity contribution in [3.8, 4) is 0 Å². The Balaban J connectivity index is 3.28. The third-order valence-electron chi connectivity index (χ3n) is 1.13. The Morgan fingerprint density at radius 1 is 1.36 bits per heavy atom. The Morgan fingerprint density at radius 2 is 2.00 bits per heavy atom. The normalized spacial score (nSPS) is 11.4. The highest BCUT2D eigenvalue weighted by atomic mass is 32.2. The lowest BCUT2D eigenvalue weighted by atomic mass is 10.3. The van der Waals surface area contributed by atoms with Crippen LogP contribution in [0.4, 0.5) is 5.69 Å². The van der Waals surface area contributed by atoms with E-state index in [1.165, 1.54) is 18.2 Å². The molecule has 0 aliphatic heterocycles. The van der Waals surface area contributed by atoms with Gasteiger partial charge in [-0.1, -0.05) is 6.07 Å². The molecule has 0 atom stereocenters. The molecule has 0 unspecified atom stereocenters. The molecule has 0 aliphatic carbocycles. The summed E-state index contributed by atoms with van der Waals surface area (Å²) in [5.41, 5.74) is 7.10. The van der Waals surface area contributed by atoms with E-state index in [1.54, 1.807) is 0 Å². The summed E-state index contributed by atoms with van der Waals surface area (Å²) in [4.78, 5) is -0.245. The van der Waals surface area contributed by atoms with Crippen LogP contribution in [0, 0.1) is 0 Å². The first-order valence-electron chi connectivity index (χ1n) is 2.79. The monoisotopic (exact) mass is 172 g/mol. The minimum Gasteiger partial charge on any atom is -0.301 e. The van der Waals surface area contributed by atoms with Gasteiger partial charge in [0.25, 0.3) is 10.1 Å². The Hall–Kier alpha value is -1.07. The van der Waals surface area contributed by atoms with Crippen molar-refractivity contribution in [2.75, 3.05) is 0 Å². The minimum absolute atomic E-state index is 0.0557. The summed E-state index contributed by atoms with van der Waals surface area (Å²) in [5.74, 6) is 0. The van der Waals surface area contributed by atoms with Gasteiger partial charge in [0.1, 0.15) is 0 Å². The molecule has 4 nitrogen and oxygen atoms in total. The van der Waals surface area contributed by atoms with Crippen LogP contribution in [0.2, 0.25) is 0 Å². The molecule has 59 valence electrons. The molecular formula is C6H6NO3S. The first-order valence-corrected chi connectivity index (χ1v) is 4.23. The second-order valence-electron chi connectivity index (χ2n) is 2.00. The van der Waals surface area contributed by atoms with Crippen molar-refractivity contribution < 1.29 is 13.0 Å². The van der Waals surface area contributed by atoms with Crippen molar-refractivity contribution in [3.63, 3.8) is 0 Å². The Kier molecular flexibility index (Phi) is 1.84. The van der Waals surface area contributed by atoms with Crippen LogP contribution >= 0.6 is 0 Å². The van der Waals surface area contributed by atoms with E-state index in [-0.39, 0.29) is 10.6 Å². The maximum absolute atomic E-state index is 10.5. The summed E-state index contributed by atoms with van der Waals surface area (Å²) in [6.45, 7) is 0. The molecule has 1 rings (SSSR count). The predicted octanol–water partition coefficient (Wildman–Crippen LogP) is 0.848. The molecule has 0 aromatic heterocycles. The predicted molar refractivity (Wildman–Crippen MR) is 39.0 cm³/mol. The summed E-state index contributed by atoms with van der Waals surface area (Å²) in [7, 11) is -4.15. The highest BCUT2D eigenvalue weighted by molar-refractivity contribution is 7.85. The zero-order chi connectivity index (χ0) is 8.48. The van der Waals surface area contributed by atoms with Gasteiger partial charge in [0.05, 0.1) is 10.6 Å². The van der Waals surface area contributed by atoms with Gasteiger partial charge in [-0.25, -0.2) is 0 Å². The molecule has 0 saturated carbocycles. The summed E-state index contributed by atoms with van der Waals surface area (Å²) in [6, 6.07) is 5.13. The Labute approximate surface area is 64.4 Å². The second kappa shape index (κ2) is 2.52. The van der Waals surface area contributed by atoms with Crippen LogP contribution in [0.15, 0.2) is 29.2 Å². The number of hydrogen-bond donors (Lipinski definition) is 1. The van der Waals surface area contributed by atoms with Gasteiger partial charge in [-0.15, -0.1) is 0 Å². The Morgan fingerprint density at radius 3 is 2.36 bits per heavy atom. The lowest BCUT2D eigenvalue weighted by molar-refractivity contribution is 0.483. The van der Waals surface area contributed by atoms with Gasteiger partial charge in [0.2, 0.25) is 0 Å². The van der Waals surface area contributed by atoms with Crippen molar-refractivity contribution in [1.82, 2.24) is 5.73 Å². The van der Waals surface area contributed by atoms with Crippen molar-refractivity contribution in [1.29, 1.82) is 0 Å². The minimum atomic E-state index is -4.15. The first-order chi connectivity index (χ1) is 5.00. The summed E-state index contributed by atoms with van der Waals surface area (Å²) in [5, 5.41) is 0. The van der Waals surface area contributed by atoms with Gasteiger partial charge < -0.3 is 5.73 Å². The van der Waals surface area contributed by atoms with Gasteiger partial charge in [0.15, 0.2) is 0 Å². The topological polar surface area (TPSA) is 78.2 Å². The van der Waals surface area contributed by atoms with Gasteiger partial charge in [-0.2, -0.15) is 8.42 Å². The van der Waals surface area contributed by atoms with Crippen LogP contribution in [0.25, 0.3) is 0 Å². The molecule has 0 heterocycles. The summed E-state index contributed by atoms with van der Waals surface area (Å²) < 4.78 is 29.4. The molecular weight excluding hydrogens is 166 g/mol. The third-order valence-corrected chi connectivity index (χ3v) is 1.98. The number of hydrogen-bond acceptors (Lipinski definition) is 2. The first kappa shape index (κ1) is 8.03. The van der Waals surface area contributed by atoms with Gasteiger partial charge in [0, 0.05) is 0 Å². The Bertz CT molecular complexity index is 358. The quantitative estimate of drug-likeness (QED) is 0.638. The van der Waals surface area contributed by atoms with Crippen LogP contribution in [0.3, 0.4) is 0 Å². The average molecular weight is 172 g/mol. The summed E-state index contributed by atoms with van der Waals surface area (Å²) >= 11 is 0. The van der Waals surface area contributed by atoms with Gasteiger partial charge >= 0.3 is 0 Å². The summed E-state index contributed by atoms with van der Waals surface area (Å²) in [6.07, 6.45) is 0. The molecule has 1 aromatic rings. The van der Waals surface area contributed by atoms with Gasteiger partial charge in [-0.05, 0) is 18.2 Å². The molecule has 0 saturated heterocycles. The van der Waals surface area contributed by atoms with E-state index in [9.17, 15) is 8.42 Å². The van der Waals surface area contributed by atoms with E-state index in [0.29, 0.717) is 0 Å². The fraction of sp³-hybridized carbons (Fsp3) is 0. The second-order valence-corrected chi connectivity index (χ2v) is 3.42. The molecule has 0 aliphatic rings. The largest absolute Gasteiger partial charge is 0.301 e. The van der Waals surface area contributed by atoms with Crippen molar-refractivity contribution in [2.45, 2.75) is 4.90 Å². The zero-order valence-corrected chi connectivity index (χ0v) is 6.30. The highest BCUT2D eigenvalue weighted by Crippen LogP contribution is 2.12. The lowest BCUT2D eigenvalue weighted by Gasteiger charge is -1.95. The SMILES string of the molecule is [NH]c1cccc(S(=O)(=O)O)c1. The van der Waals surface area contributed by atoms with Crippen molar-refractivity contribution in [2.24, 2.45) is 0 Å². The molecule has 0 fully saturated rings. The molecule has 0 amide bonds. The standard InChI is InChI=1S/C6H6NO3S/c7-5-2-1-3-6(4-5)11(8,9)10/h1-4,7H,(H,8,9,10). The van der Waals surface area contributed by atoms with Crippen LogP contribution in [-0.2, 0) is 10.1 Å². The van der Waals surface area contributed by atoms with Crippen LogP contribution in [-0.4, -0.2) is 13.0 Å². The number of benzene rings is 1. The van der Waals surface area contributed by atoms with E-state index in [0.717, 1.165) is 6.07 Å². The van der Waals surface area contributed by atoms with Crippen LogP contribution in [0.1, 0.15) is 0 Å². The fourth-order valence-electron chi connectivity index (χ4n) is 0.657. The van der Waals surface area contributed by atoms with E-state index in [1.807, 2.05) is 0 Å². The van der Waals surface area contributed by atoms with E-state index in [2.05, 4.69) is 0 Å². The molecule has 5 heteroatoms. The average Bonchev–Trinajstić information content (AvgIpc) is 1.86. The smallest absolute Gasteiger partial charge is 0.294 e. The number of rotatable bonds is 1. The van der Waals surface area contributed by atoms with E-state index >= 15 is 0 Å². The lowest BCUT2D eigenvalue weighted by Crippen LogP contribution is -1.96. The maximum atomic E-state index is 10.5. The van der Waals surface area contributed by atoms with E-state index < -0.39 is 10.1 Å². The molecule has 0 spiro atoms. The zero-order valence-electron chi connectivity index (χ0n) is 5.48. The number of nitrogens with one attached hydrogen (secondary N) is 1. The van der Waals surface area contributed by atoms with Crippen molar-refractivity contribution >= 4 is 15.8 Å². The molecule has 1 radical (unpaired) electrons. The molecule has 0 bridgehead atoms. The van der Waals surface area contributed by atoms with Gasteiger partial charge in [-0.3, -0.25) is 4.55 Å². The van der Waals surface area contributed by atoms with Crippen LogP contribution < -0.4 is 5.73 Å². The molecule has 2 N–H and O–H groups in total.